The molecule has 2 rings (SSSR count). The standard InChI is InChI=1S/C28H41N3O5S/c1-6-22(3)29-28(33)23(4)30(21-19-24-14-9-8-10-15-24)27(32)18-13-20-31(37(5,34)35)25-16-11-12-17-26(25)36-7-2/h8-12,14-17,22-23H,6-7,13,18-21H2,1-5H3,(H,29,33)/t22-,23-/m0/s1. The summed E-state index contributed by atoms with van der Waals surface area (Å²) in [6, 6.07) is 16.1. The Morgan fingerprint density at radius 3 is 2.24 bits per heavy atom. The Morgan fingerprint density at radius 1 is 0.973 bits per heavy atom. The van der Waals surface area contributed by atoms with Crippen molar-refractivity contribution < 1.29 is 22.7 Å². The number of ether oxygens (including phenoxy) is 1. The molecule has 2 atom stereocenters. The molecule has 9 heteroatoms. The quantitative estimate of drug-likeness (QED) is 0.375. The summed E-state index contributed by atoms with van der Waals surface area (Å²) in [6.07, 6.45) is 2.96. The molecule has 0 unspecified atom stereocenters. The fraction of sp³-hybridized carbons (Fsp3) is 0.500. The van der Waals surface area contributed by atoms with Gasteiger partial charge in [-0.15, -0.1) is 0 Å². The maximum atomic E-state index is 13.4. The van der Waals surface area contributed by atoms with E-state index in [0.717, 1.165) is 18.2 Å². The molecule has 0 saturated heterocycles. The Labute approximate surface area is 222 Å². The van der Waals surface area contributed by atoms with Crippen molar-refractivity contribution in [1.82, 2.24) is 10.2 Å². The van der Waals surface area contributed by atoms with Gasteiger partial charge in [0.1, 0.15) is 11.8 Å². The Balaban J connectivity index is 2.15. The minimum atomic E-state index is -3.61. The molecule has 2 amide bonds. The third-order valence-corrected chi connectivity index (χ3v) is 7.42. The third-order valence-electron chi connectivity index (χ3n) is 6.24. The lowest BCUT2D eigenvalue weighted by Gasteiger charge is -2.30. The smallest absolute Gasteiger partial charge is 0.242 e. The number of anilines is 1. The van der Waals surface area contributed by atoms with Crippen molar-refractivity contribution in [3.63, 3.8) is 0 Å². The van der Waals surface area contributed by atoms with Crippen molar-refractivity contribution >= 4 is 27.5 Å². The fourth-order valence-corrected chi connectivity index (χ4v) is 4.93. The second-order valence-electron chi connectivity index (χ2n) is 9.16. The number of carbonyl (C=O) groups excluding carboxylic acids is 2. The van der Waals surface area contributed by atoms with Crippen LogP contribution in [0.15, 0.2) is 54.6 Å². The van der Waals surface area contributed by atoms with E-state index in [-0.39, 0.29) is 30.8 Å². The highest BCUT2D eigenvalue weighted by atomic mass is 32.2. The van der Waals surface area contributed by atoms with Crippen LogP contribution < -0.4 is 14.4 Å². The number of para-hydroxylation sites is 2. The average Bonchev–Trinajstić information content (AvgIpc) is 2.87. The van der Waals surface area contributed by atoms with Gasteiger partial charge in [0, 0.05) is 25.6 Å². The number of sulfonamides is 1. The molecule has 0 spiro atoms. The van der Waals surface area contributed by atoms with Crippen molar-refractivity contribution in [2.24, 2.45) is 0 Å². The highest BCUT2D eigenvalue weighted by Gasteiger charge is 2.27. The van der Waals surface area contributed by atoms with Gasteiger partial charge in [0.25, 0.3) is 0 Å². The van der Waals surface area contributed by atoms with Gasteiger partial charge in [0.05, 0.1) is 18.6 Å². The molecule has 0 radical (unpaired) electrons. The highest BCUT2D eigenvalue weighted by molar-refractivity contribution is 7.92. The first-order valence-electron chi connectivity index (χ1n) is 12.9. The maximum Gasteiger partial charge on any atom is 0.242 e. The van der Waals surface area contributed by atoms with E-state index in [4.69, 9.17) is 4.74 Å². The summed E-state index contributed by atoms with van der Waals surface area (Å²) in [5, 5.41) is 2.96. The minimum absolute atomic E-state index is 0.00903. The van der Waals surface area contributed by atoms with Crippen LogP contribution in [0.25, 0.3) is 0 Å². The molecule has 0 aliphatic rings. The number of rotatable bonds is 15. The molecular weight excluding hydrogens is 490 g/mol. The van der Waals surface area contributed by atoms with E-state index in [2.05, 4.69) is 5.32 Å². The van der Waals surface area contributed by atoms with E-state index in [9.17, 15) is 18.0 Å². The SMILES string of the molecule is CCOc1ccccc1N(CCCC(=O)N(CCc1ccccc1)[C@@H](C)C(=O)N[C@@H](C)CC)S(C)(=O)=O. The lowest BCUT2D eigenvalue weighted by atomic mass is 10.1. The van der Waals surface area contributed by atoms with E-state index in [1.54, 1.807) is 36.1 Å². The molecule has 0 bridgehead atoms. The summed E-state index contributed by atoms with van der Waals surface area (Å²) in [5.74, 6) is 0.0926. The second-order valence-corrected chi connectivity index (χ2v) is 11.1. The molecule has 1 N–H and O–H groups in total. The van der Waals surface area contributed by atoms with Gasteiger partial charge in [-0.25, -0.2) is 8.42 Å². The van der Waals surface area contributed by atoms with Crippen LogP contribution in [-0.2, 0) is 26.0 Å². The molecule has 204 valence electrons. The highest BCUT2D eigenvalue weighted by Crippen LogP contribution is 2.30. The fourth-order valence-electron chi connectivity index (χ4n) is 3.96. The van der Waals surface area contributed by atoms with E-state index in [1.807, 2.05) is 51.1 Å². The molecule has 0 heterocycles. The Morgan fingerprint density at radius 2 is 1.62 bits per heavy atom. The van der Waals surface area contributed by atoms with Gasteiger partial charge < -0.3 is 15.0 Å². The zero-order valence-corrected chi connectivity index (χ0v) is 23.5. The molecule has 0 aliphatic carbocycles. The van der Waals surface area contributed by atoms with Gasteiger partial charge in [0.15, 0.2) is 0 Å². The maximum absolute atomic E-state index is 13.4. The number of nitrogens with one attached hydrogen (secondary N) is 1. The topological polar surface area (TPSA) is 96.0 Å². The van der Waals surface area contributed by atoms with Crippen molar-refractivity contribution in [3.8, 4) is 5.75 Å². The molecule has 8 nitrogen and oxygen atoms in total. The summed E-state index contributed by atoms with van der Waals surface area (Å²) in [4.78, 5) is 27.8. The van der Waals surface area contributed by atoms with Crippen molar-refractivity contribution in [1.29, 1.82) is 0 Å². The molecule has 0 aliphatic heterocycles. The zero-order chi connectivity index (χ0) is 27.4. The summed E-state index contributed by atoms with van der Waals surface area (Å²) in [6.45, 7) is 8.41. The molecule has 0 aromatic heterocycles. The molecule has 37 heavy (non-hydrogen) atoms. The summed E-state index contributed by atoms with van der Waals surface area (Å²) < 4.78 is 32.1. The van der Waals surface area contributed by atoms with Gasteiger partial charge in [-0.05, 0) is 57.7 Å². The number of benzene rings is 2. The van der Waals surface area contributed by atoms with E-state index in [0.29, 0.717) is 37.4 Å². The van der Waals surface area contributed by atoms with Gasteiger partial charge in [-0.2, -0.15) is 0 Å². The second kappa shape index (κ2) is 14.6. The molecule has 0 saturated carbocycles. The summed E-state index contributed by atoms with van der Waals surface area (Å²) in [5.41, 5.74) is 1.52. The first kappa shape index (κ1) is 30.2. The Bertz CT molecular complexity index is 1110. The van der Waals surface area contributed by atoms with E-state index >= 15 is 0 Å². The van der Waals surface area contributed by atoms with Crippen molar-refractivity contribution in [2.75, 3.05) is 30.3 Å². The number of amides is 2. The van der Waals surface area contributed by atoms with Gasteiger partial charge in [-0.1, -0.05) is 49.4 Å². The van der Waals surface area contributed by atoms with Gasteiger partial charge in [-0.3, -0.25) is 13.9 Å². The molecular formula is C28H41N3O5S. The van der Waals surface area contributed by atoms with Crippen LogP contribution in [0.5, 0.6) is 5.75 Å². The third kappa shape index (κ3) is 9.39. The molecule has 0 fully saturated rings. The lowest BCUT2D eigenvalue weighted by molar-refractivity contribution is -0.140. The first-order valence-corrected chi connectivity index (χ1v) is 14.8. The first-order chi connectivity index (χ1) is 17.6. The zero-order valence-electron chi connectivity index (χ0n) is 22.6. The van der Waals surface area contributed by atoms with Crippen LogP contribution in [0.4, 0.5) is 5.69 Å². The van der Waals surface area contributed by atoms with Gasteiger partial charge in [0.2, 0.25) is 21.8 Å². The van der Waals surface area contributed by atoms with E-state index in [1.165, 1.54) is 4.31 Å². The number of carbonyl (C=O) groups is 2. The summed E-state index contributed by atoms with van der Waals surface area (Å²) >= 11 is 0. The van der Waals surface area contributed by atoms with Gasteiger partial charge >= 0.3 is 0 Å². The normalized spacial score (nSPS) is 12.9. The number of nitrogens with zero attached hydrogens (tertiary/aromatic N) is 2. The van der Waals surface area contributed by atoms with Crippen LogP contribution in [0.1, 0.15) is 52.5 Å². The lowest BCUT2D eigenvalue weighted by Crippen LogP contribution is -2.50. The molecule has 2 aromatic rings. The van der Waals surface area contributed by atoms with Crippen LogP contribution in [-0.4, -0.2) is 63.2 Å². The molecule has 2 aromatic carbocycles. The number of hydrogen-bond acceptors (Lipinski definition) is 5. The summed E-state index contributed by atoms with van der Waals surface area (Å²) in [7, 11) is -3.61. The van der Waals surface area contributed by atoms with Crippen LogP contribution in [0, 0.1) is 0 Å². The van der Waals surface area contributed by atoms with Crippen molar-refractivity contribution in [2.45, 2.75) is 65.5 Å². The van der Waals surface area contributed by atoms with Crippen molar-refractivity contribution in [3.05, 3.63) is 60.2 Å². The van der Waals surface area contributed by atoms with E-state index < -0.39 is 16.1 Å². The Kier molecular flexibility index (Phi) is 11.9. The Hall–Kier alpha value is -3.07. The predicted octanol–water partition coefficient (Wildman–Crippen LogP) is 4.01. The number of hydrogen-bond donors (Lipinski definition) is 1. The largest absolute Gasteiger partial charge is 0.492 e. The monoisotopic (exact) mass is 531 g/mol. The predicted molar refractivity (Wildman–Crippen MR) is 148 cm³/mol. The average molecular weight is 532 g/mol. The van der Waals surface area contributed by atoms with Crippen LogP contribution >= 0.6 is 0 Å². The minimum Gasteiger partial charge on any atom is -0.492 e. The van der Waals surface area contributed by atoms with Crippen LogP contribution in [0.3, 0.4) is 0 Å². The van der Waals surface area contributed by atoms with Crippen LogP contribution in [0.2, 0.25) is 0 Å².